The lowest BCUT2D eigenvalue weighted by Crippen LogP contribution is -2.32. The molecule has 5 heteroatoms. The van der Waals surface area contributed by atoms with E-state index in [9.17, 15) is 13.2 Å². The highest BCUT2D eigenvalue weighted by Gasteiger charge is 2.37. The van der Waals surface area contributed by atoms with Gasteiger partial charge in [0.25, 0.3) is 0 Å². The van der Waals surface area contributed by atoms with Gasteiger partial charge in [0.05, 0.1) is 5.56 Å². The average Bonchev–Trinajstić information content (AvgIpc) is 2.95. The van der Waals surface area contributed by atoms with Crippen LogP contribution in [0.3, 0.4) is 0 Å². The zero-order valence-corrected chi connectivity index (χ0v) is 9.93. The molecule has 1 saturated heterocycles. The van der Waals surface area contributed by atoms with Crippen molar-refractivity contribution in [2.75, 3.05) is 13.1 Å². The summed E-state index contributed by atoms with van der Waals surface area (Å²) in [6.07, 6.45) is -3.22. The molecule has 1 unspecified atom stereocenters. The molecule has 18 heavy (non-hydrogen) atoms. The zero-order valence-electron chi connectivity index (χ0n) is 9.93. The second-order valence-electron chi connectivity index (χ2n) is 4.99. The van der Waals surface area contributed by atoms with Gasteiger partial charge in [0.15, 0.2) is 0 Å². The Morgan fingerprint density at radius 3 is 2.72 bits per heavy atom. The van der Waals surface area contributed by atoms with Crippen LogP contribution in [0, 0.1) is 0 Å². The van der Waals surface area contributed by atoms with E-state index in [2.05, 4.69) is 10.2 Å². The molecular weight excluding hydrogens is 241 g/mol. The summed E-state index contributed by atoms with van der Waals surface area (Å²) in [4.78, 5) is 2.15. The van der Waals surface area contributed by atoms with Gasteiger partial charge in [-0.25, -0.2) is 0 Å². The number of hydrogen-bond donors (Lipinski definition) is 1. The molecule has 0 aliphatic carbocycles. The molecule has 1 atom stereocenters. The SMILES string of the molecule is FC(F)(F)c1cccc2c1CN(C1CCNC1)C2. The molecule has 2 nitrogen and oxygen atoms in total. The number of nitrogens with one attached hydrogen (secondary N) is 1. The lowest BCUT2D eigenvalue weighted by Gasteiger charge is -2.22. The van der Waals surface area contributed by atoms with Gasteiger partial charge in [-0.2, -0.15) is 13.2 Å². The fourth-order valence-corrected chi connectivity index (χ4v) is 2.92. The molecule has 1 aromatic carbocycles. The van der Waals surface area contributed by atoms with Crippen molar-refractivity contribution in [1.82, 2.24) is 10.2 Å². The standard InChI is InChI=1S/C13H15F3N2/c14-13(15,16)12-3-1-2-9-7-18(8-11(9)12)10-4-5-17-6-10/h1-3,10,17H,4-8H2. The number of nitrogens with zero attached hydrogens (tertiary/aromatic N) is 1. The largest absolute Gasteiger partial charge is 0.416 e. The van der Waals surface area contributed by atoms with Crippen LogP contribution in [-0.4, -0.2) is 24.0 Å². The van der Waals surface area contributed by atoms with Gasteiger partial charge in [-0.05, 0) is 30.2 Å². The molecule has 2 aliphatic rings. The molecule has 1 fully saturated rings. The van der Waals surface area contributed by atoms with E-state index in [0.717, 1.165) is 25.1 Å². The zero-order chi connectivity index (χ0) is 12.8. The normalized spacial score (nSPS) is 24.5. The Balaban J connectivity index is 1.88. The Bertz CT molecular complexity index is 450. The van der Waals surface area contributed by atoms with Gasteiger partial charge in [0.2, 0.25) is 0 Å². The third-order valence-corrected chi connectivity index (χ3v) is 3.86. The third kappa shape index (κ3) is 2.01. The van der Waals surface area contributed by atoms with Gasteiger partial charge in [-0.1, -0.05) is 12.1 Å². The maximum atomic E-state index is 12.9. The maximum absolute atomic E-state index is 12.9. The number of hydrogen-bond acceptors (Lipinski definition) is 2. The van der Waals surface area contributed by atoms with Gasteiger partial charge in [0, 0.05) is 25.7 Å². The summed E-state index contributed by atoms with van der Waals surface area (Å²) in [6.45, 7) is 2.92. The topological polar surface area (TPSA) is 15.3 Å². The summed E-state index contributed by atoms with van der Waals surface area (Å²) in [5, 5.41) is 3.26. The minimum atomic E-state index is -4.24. The molecule has 98 valence electrons. The number of alkyl halides is 3. The van der Waals surface area contributed by atoms with Gasteiger partial charge in [-0.15, -0.1) is 0 Å². The molecule has 3 rings (SSSR count). The smallest absolute Gasteiger partial charge is 0.315 e. The summed E-state index contributed by atoms with van der Waals surface area (Å²) in [7, 11) is 0. The Morgan fingerprint density at radius 1 is 1.22 bits per heavy atom. The lowest BCUT2D eigenvalue weighted by atomic mass is 10.0. The van der Waals surface area contributed by atoms with Crippen LogP contribution in [0.5, 0.6) is 0 Å². The van der Waals surface area contributed by atoms with Crippen LogP contribution >= 0.6 is 0 Å². The Hall–Kier alpha value is -1.07. The van der Waals surface area contributed by atoms with Crippen molar-refractivity contribution in [2.24, 2.45) is 0 Å². The number of benzene rings is 1. The summed E-state index contributed by atoms with van der Waals surface area (Å²) in [5.41, 5.74) is 0.835. The maximum Gasteiger partial charge on any atom is 0.416 e. The van der Waals surface area contributed by atoms with Gasteiger partial charge in [0.1, 0.15) is 0 Å². The van der Waals surface area contributed by atoms with Crippen LogP contribution in [-0.2, 0) is 19.3 Å². The monoisotopic (exact) mass is 256 g/mol. The Morgan fingerprint density at radius 2 is 2.06 bits per heavy atom. The van der Waals surface area contributed by atoms with E-state index in [1.165, 1.54) is 12.1 Å². The first-order chi connectivity index (χ1) is 8.55. The fourth-order valence-electron chi connectivity index (χ4n) is 2.92. The van der Waals surface area contributed by atoms with Crippen LogP contribution in [0.15, 0.2) is 18.2 Å². The van der Waals surface area contributed by atoms with Crippen molar-refractivity contribution >= 4 is 0 Å². The van der Waals surface area contributed by atoms with E-state index < -0.39 is 11.7 Å². The highest BCUT2D eigenvalue weighted by Crippen LogP contribution is 2.37. The first-order valence-electron chi connectivity index (χ1n) is 6.18. The molecule has 1 aromatic rings. The first-order valence-corrected chi connectivity index (χ1v) is 6.18. The van der Waals surface area contributed by atoms with Crippen LogP contribution < -0.4 is 5.32 Å². The molecule has 0 spiro atoms. The van der Waals surface area contributed by atoms with Crippen molar-refractivity contribution in [2.45, 2.75) is 31.7 Å². The minimum absolute atomic E-state index is 0.374. The van der Waals surface area contributed by atoms with Gasteiger partial charge < -0.3 is 5.32 Å². The van der Waals surface area contributed by atoms with Crippen molar-refractivity contribution in [3.05, 3.63) is 34.9 Å². The highest BCUT2D eigenvalue weighted by molar-refractivity contribution is 5.39. The molecule has 0 radical (unpaired) electrons. The Kier molecular flexibility index (Phi) is 2.83. The van der Waals surface area contributed by atoms with Crippen molar-refractivity contribution in [3.63, 3.8) is 0 Å². The van der Waals surface area contributed by atoms with Crippen molar-refractivity contribution < 1.29 is 13.2 Å². The second kappa shape index (κ2) is 4.24. The van der Waals surface area contributed by atoms with Crippen LogP contribution in [0.25, 0.3) is 0 Å². The molecule has 0 amide bonds. The third-order valence-electron chi connectivity index (χ3n) is 3.86. The van der Waals surface area contributed by atoms with E-state index >= 15 is 0 Å². The van der Waals surface area contributed by atoms with E-state index in [1.807, 2.05) is 6.07 Å². The van der Waals surface area contributed by atoms with Gasteiger partial charge >= 0.3 is 6.18 Å². The quantitative estimate of drug-likeness (QED) is 0.830. The van der Waals surface area contributed by atoms with Crippen LogP contribution in [0.2, 0.25) is 0 Å². The van der Waals surface area contributed by atoms with Crippen molar-refractivity contribution in [1.29, 1.82) is 0 Å². The average molecular weight is 256 g/mol. The summed E-state index contributed by atoms with van der Waals surface area (Å²) < 4.78 is 38.7. The van der Waals surface area contributed by atoms with Crippen LogP contribution in [0.1, 0.15) is 23.1 Å². The van der Waals surface area contributed by atoms with E-state index in [-0.39, 0.29) is 0 Å². The molecular formula is C13H15F3N2. The minimum Gasteiger partial charge on any atom is -0.315 e. The van der Waals surface area contributed by atoms with Crippen molar-refractivity contribution in [3.8, 4) is 0 Å². The van der Waals surface area contributed by atoms with Crippen LogP contribution in [0.4, 0.5) is 13.2 Å². The Labute approximate surface area is 104 Å². The predicted octanol–water partition coefficient (Wildman–Crippen LogP) is 2.38. The number of rotatable bonds is 1. The molecule has 2 heterocycles. The molecule has 0 bridgehead atoms. The predicted molar refractivity (Wildman–Crippen MR) is 62.0 cm³/mol. The van der Waals surface area contributed by atoms with E-state index in [1.54, 1.807) is 0 Å². The fraction of sp³-hybridized carbons (Fsp3) is 0.538. The number of halogens is 3. The summed E-state index contributed by atoms with van der Waals surface area (Å²) in [5.74, 6) is 0. The summed E-state index contributed by atoms with van der Waals surface area (Å²) >= 11 is 0. The highest BCUT2D eigenvalue weighted by atomic mass is 19.4. The molecule has 0 aromatic heterocycles. The second-order valence-corrected chi connectivity index (χ2v) is 4.99. The molecule has 2 aliphatic heterocycles. The first kappa shape index (κ1) is 12.0. The number of fused-ring (bicyclic) bond motifs is 1. The van der Waals surface area contributed by atoms with E-state index in [4.69, 9.17) is 0 Å². The molecule has 0 saturated carbocycles. The molecule has 1 N–H and O–H groups in total. The lowest BCUT2D eigenvalue weighted by molar-refractivity contribution is -0.138. The van der Waals surface area contributed by atoms with Gasteiger partial charge in [-0.3, -0.25) is 4.90 Å². The van der Waals surface area contributed by atoms with E-state index in [0.29, 0.717) is 24.7 Å². The summed E-state index contributed by atoms with van der Waals surface area (Å²) in [6, 6.07) is 4.89.